The van der Waals surface area contributed by atoms with Crippen molar-refractivity contribution in [1.82, 2.24) is 10.2 Å². The van der Waals surface area contributed by atoms with Crippen molar-refractivity contribution in [2.24, 2.45) is 5.73 Å². The van der Waals surface area contributed by atoms with Gasteiger partial charge in [-0.1, -0.05) is 61.0 Å². The summed E-state index contributed by atoms with van der Waals surface area (Å²) in [5.74, 6) is -0.151. The molecule has 0 radical (unpaired) electrons. The Bertz CT molecular complexity index is 709. The number of rotatable bonds is 6. The fourth-order valence-electron chi connectivity index (χ4n) is 3.50. The third-order valence-corrected chi connectivity index (χ3v) is 5.26. The number of halogens is 2. The first-order valence-corrected chi connectivity index (χ1v) is 9.53. The maximum atomic E-state index is 12.2. The molecule has 1 heterocycles. The molecular formula is C22H31Cl2N3O. The summed E-state index contributed by atoms with van der Waals surface area (Å²) in [5.41, 5.74) is 9.28. The average molecular weight is 424 g/mol. The minimum Gasteiger partial charge on any atom is -0.350 e. The van der Waals surface area contributed by atoms with E-state index >= 15 is 0 Å². The standard InChI is InChI=1S/C22H29N3O.2ClH/c1-17-7-5-6-14-25(17)16-19-12-10-18(11-13-19)15-24-22(26)21(23)20-8-3-2-4-9-20;;/h2-4,8-13,17,21H,5-7,14-16,23H2,1H3,(H,24,26);2*1H. The lowest BCUT2D eigenvalue weighted by Gasteiger charge is -2.33. The lowest BCUT2D eigenvalue weighted by atomic mass is 10.0. The molecule has 0 aromatic heterocycles. The molecular weight excluding hydrogens is 393 g/mol. The van der Waals surface area contributed by atoms with E-state index in [2.05, 4.69) is 41.4 Å². The summed E-state index contributed by atoms with van der Waals surface area (Å²) in [7, 11) is 0. The quantitative estimate of drug-likeness (QED) is 0.730. The molecule has 6 heteroatoms. The zero-order valence-corrected chi connectivity index (χ0v) is 18.0. The van der Waals surface area contributed by atoms with Crippen LogP contribution in [0.5, 0.6) is 0 Å². The monoisotopic (exact) mass is 423 g/mol. The molecule has 4 nitrogen and oxygen atoms in total. The number of hydrogen-bond acceptors (Lipinski definition) is 3. The van der Waals surface area contributed by atoms with Gasteiger partial charge in [-0.15, -0.1) is 24.8 Å². The maximum Gasteiger partial charge on any atom is 0.241 e. The highest BCUT2D eigenvalue weighted by molar-refractivity contribution is 5.85. The minimum atomic E-state index is -0.629. The van der Waals surface area contributed by atoms with Gasteiger partial charge in [0.1, 0.15) is 6.04 Å². The third-order valence-electron chi connectivity index (χ3n) is 5.26. The number of amides is 1. The molecule has 0 spiro atoms. The number of nitrogens with one attached hydrogen (secondary N) is 1. The van der Waals surface area contributed by atoms with Crippen LogP contribution in [0, 0.1) is 0 Å². The SMILES string of the molecule is CC1CCCCN1Cc1ccc(CNC(=O)C(N)c2ccccc2)cc1.Cl.Cl. The molecule has 2 unspecified atom stereocenters. The van der Waals surface area contributed by atoms with Crippen LogP contribution in [-0.2, 0) is 17.9 Å². The van der Waals surface area contributed by atoms with Gasteiger partial charge in [0.15, 0.2) is 0 Å². The fraction of sp³-hybridized carbons (Fsp3) is 0.409. The Hall–Kier alpha value is -1.59. The zero-order chi connectivity index (χ0) is 18.4. The minimum absolute atomic E-state index is 0. The van der Waals surface area contributed by atoms with Gasteiger partial charge in [-0.05, 0) is 43.0 Å². The highest BCUT2D eigenvalue weighted by Crippen LogP contribution is 2.19. The summed E-state index contributed by atoms with van der Waals surface area (Å²) in [6.07, 6.45) is 3.95. The second-order valence-electron chi connectivity index (χ2n) is 7.24. The lowest BCUT2D eigenvalue weighted by molar-refractivity contribution is -0.122. The summed E-state index contributed by atoms with van der Waals surface area (Å²) in [6, 6.07) is 18.0. The average Bonchev–Trinajstić information content (AvgIpc) is 2.69. The second kappa shape index (κ2) is 12.1. The Morgan fingerprint density at radius 3 is 2.36 bits per heavy atom. The van der Waals surface area contributed by atoms with E-state index in [0.29, 0.717) is 12.6 Å². The van der Waals surface area contributed by atoms with Crippen LogP contribution in [-0.4, -0.2) is 23.4 Å². The van der Waals surface area contributed by atoms with Crippen LogP contribution < -0.4 is 11.1 Å². The first-order valence-electron chi connectivity index (χ1n) is 9.53. The molecule has 0 bridgehead atoms. The van der Waals surface area contributed by atoms with Gasteiger partial charge in [-0.3, -0.25) is 9.69 Å². The van der Waals surface area contributed by atoms with Crippen LogP contribution in [0.2, 0.25) is 0 Å². The molecule has 0 aliphatic carbocycles. The number of nitrogens with two attached hydrogens (primary N) is 1. The van der Waals surface area contributed by atoms with Crippen LogP contribution in [0.3, 0.4) is 0 Å². The number of carbonyl (C=O) groups is 1. The zero-order valence-electron chi connectivity index (χ0n) is 16.3. The fourth-order valence-corrected chi connectivity index (χ4v) is 3.50. The highest BCUT2D eigenvalue weighted by atomic mass is 35.5. The number of hydrogen-bond donors (Lipinski definition) is 2. The molecule has 3 N–H and O–H groups in total. The van der Waals surface area contributed by atoms with Gasteiger partial charge < -0.3 is 11.1 Å². The smallest absolute Gasteiger partial charge is 0.241 e. The number of piperidine rings is 1. The summed E-state index contributed by atoms with van der Waals surface area (Å²) in [6.45, 7) is 5.02. The van der Waals surface area contributed by atoms with Gasteiger partial charge >= 0.3 is 0 Å². The van der Waals surface area contributed by atoms with Crippen molar-refractivity contribution in [2.75, 3.05) is 6.54 Å². The first kappa shape index (κ1) is 24.4. The Kier molecular flexibility index (Phi) is 10.5. The van der Waals surface area contributed by atoms with Crippen molar-refractivity contribution in [2.45, 2.75) is 51.4 Å². The molecule has 1 aliphatic heterocycles. The van der Waals surface area contributed by atoms with Gasteiger partial charge in [0.25, 0.3) is 0 Å². The van der Waals surface area contributed by atoms with Crippen molar-refractivity contribution >= 4 is 30.7 Å². The molecule has 28 heavy (non-hydrogen) atoms. The van der Waals surface area contributed by atoms with Crippen molar-refractivity contribution in [3.05, 3.63) is 71.3 Å². The van der Waals surface area contributed by atoms with Crippen LogP contribution in [0.4, 0.5) is 0 Å². The normalized spacial score (nSPS) is 17.7. The molecule has 1 amide bonds. The topological polar surface area (TPSA) is 58.4 Å². The van der Waals surface area contributed by atoms with Crippen LogP contribution in [0.1, 0.15) is 48.9 Å². The summed E-state index contributed by atoms with van der Waals surface area (Å²) < 4.78 is 0. The molecule has 2 aromatic rings. The Balaban J connectivity index is 0.00000196. The van der Waals surface area contributed by atoms with E-state index in [1.165, 1.54) is 31.4 Å². The summed E-state index contributed by atoms with van der Waals surface area (Å²) in [4.78, 5) is 14.8. The Morgan fingerprint density at radius 2 is 1.71 bits per heavy atom. The second-order valence-corrected chi connectivity index (χ2v) is 7.24. The molecule has 2 aromatic carbocycles. The van der Waals surface area contributed by atoms with E-state index in [9.17, 15) is 4.79 Å². The molecule has 1 fully saturated rings. The predicted molar refractivity (Wildman–Crippen MR) is 120 cm³/mol. The van der Waals surface area contributed by atoms with E-state index in [-0.39, 0.29) is 30.7 Å². The van der Waals surface area contributed by atoms with Crippen LogP contribution in [0.15, 0.2) is 54.6 Å². The van der Waals surface area contributed by atoms with Crippen molar-refractivity contribution in [1.29, 1.82) is 0 Å². The molecule has 1 saturated heterocycles. The molecule has 1 aliphatic rings. The van der Waals surface area contributed by atoms with Gasteiger partial charge in [-0.25, -0.2) is 0 Å². The predicted octanol–water partition coefficient (Wildman–Crippen LogP) is 4.22. The van der Waals surface area contributed by atoms with Gasteiger partial charge in [0.2, 0.25) is 5.91 Å². The van der Waals surface area contributed by atoms with E-state index < -0.39 is 6.04 Å². The van der Waals surface area contributed by atoms with Crippen LogP contribution in [0.25, 0.3) is 0 Å². The van der Waals surface area contributed by atoms with E-state index in [4.69, 9.17) is 5.73 Å². The Labute approximate surface area is 180 Å². The molecule has 154 valence electrons. The number of carbonyl (C=O) groups excluding carboxylic acids is 1. The van der Waals surface area contributed by atoms with Crippen molar-refractivity contribution in [3.8, 4) is 0 Å². The highest BCUT2D eigenvalue weighted by Gasteiger charge is 2.18. The summed E-state index contributed by atoms with van der Waals surface area (Å²) >= 11 is 0. The van der Waals surface area contributed by atoms with E-state index in [0.717, 1.165) is 17.7 Å². The largest absolute Gasteiger partial charge is 0.350 e. The summed E-state index contributed by atoms with van der Waals surface area (Å²) in [5, 5.41) is 2.93. The van der Waals surface area contributed by atoms with Crippen molar-refractivity contribution in [3.63, 3.8) is 0 Å². The Morgan fingerprint density at radius 1 is 1.07 bits per heavy atom. The maximum absolute atomic E-state index is 12.2. The number of benzene rings is 2. The molecule has 2 atom stereocenters. The van der Waals surface area contributed by atoms with Gasteiger partial charge in [-0.2, -0.15) is 0 Å². The molecule has 0 saturated carbocycles. The third kappa shape index (κ3) is 6.78. The van der Waals surface area contributed by atoms with Crippen LogP contribution >= 0.6 is 24.8 Å². The first-order chi connectivity index (χ1) is 12.6. The van der Waals surface area contributed by atoms with Gasteiger partial charge in [0.05, 0.1) is 0 Å². The number of likely N-dealkylation sites (tertiary alicyclic amines) is 1. The van der Waals surface area contributed by atoms with Gasteiger partial charge in [0, 0.05) is 19.1 Å². The van der Waals surface area contributed by atoms with E-state index in [1.54, 1.807) is 0 Å². The van der Waals surface area contributed by atoms with E-state index in [1.807, 2.05) is 30.3 Å². The lowest BCUT2D eigenvalue weighted by Crippen LogP contribution is -2.36. The number of nitrogens with zero attached hydrogens (tertiary/aromatic N) is 1. The van der Waals surface area contributed by atoms with Crippen molar-refractivity contribution < 1.29 is 4.79 Å². The molecule has 3 rings (SSSR count).